The van der Waals surface area contributed by atoms with Crippen LogP contribution in [0, 0.1) is 5.82 Å². The average molecular weight is 433 g/mol. The van der Waals surface area contributed by atoms with Crippen LogP contribution >= 0.6 is 0 Å². The first-order valence-corrected chi connectivity index (χ1v) is 11.0. The molecule has 6 nitrogen and oxygen atoms in total. The Bertz CT molecular complexity index is 1050. The molecule has 0 atom stereocenters. The summed E-state index contributed by atoms with van der Waals surface area (Å²) < 4.78 is 44.5. The molecule has 1 aliphatic rings. The summed E-state index contributed by atoms with van der Waals surface area (Å²) in [4.78, 5) is 14.6. The topological polar surface area (TPSA) is 66.9 Å². The fourth-order valence-corrected chi connectivity index (χ4v) is 4.10. The van der Waals surface area contributed by atoms with E-state index in [4.69, 9.17) is 4.74 Å². The maximum atomic E-state index is 13.1. The van der Waals surface area contributed by atoms with E-state index in [0.717, 1.165) is 22.7 Å². The molecule has 1 amide bonds. The van der Waals surface area contributed by atoms with Crippen LogP contribution in [0.25, 0.3) is 6.08 Å². The first-order chi connectivity index (χ1) is 14.2. The molecule has 2 aromatic rings. The maximum absolute atomic E-state index is 13.1. The Labute approximate surface area is 176 Å². The van der Waals surface area contributed by atoms with Crippen molar-refractivity contribution in [2.24, 2.45) is 0 Å². The molecule has 0 saturated heterocycles. The Morgan fingerprint density at radius 2 is 1.83 bits per heavy atom. The van der Waals surface area contributed by atoms with Crippen molar-refractivity contribution in [2.45, 2.75) is 30.3 Å². The van der Waals surface area contributed by atoms with Crippen molar-refractivity contribution in [3.8, 4) is 5.75 Å². The Morgan fingerprint density at radius 1 is 1.17 bits per heavy atom. The summed E-state index contributed by atoms with van der Waals surface area (Å²) in [5, 5.41) is 0. The van der Waals surface area contributed by atoms with E-state index in [1.165, 1.54) is 45.5 Å². The lowest BCUT2D eigenvalue weighted by Crippen LogP contribution is -2.31. The summed E-state index contributed by atoms with van der Waals surface area (Å²) >= 11 is 0. The molecular formula is C22H25FN2O4S. The van der Waals surface area contributed by atoms with Gasteiger partial charge >= 0.3 is 0 Å². The number of carbonyl (C=O) groups excluding carboxylic acids is 1. The molecule has 2 aromatic carbocycles. The van der Waals surface area contributed by atoms with E-state index in [1.54, 1.807) is 35.2 Å². The molecule has 3 rings (SSSR count). The third-order valence-corrected chi connectivity index (χ3v) is 6.74. The molecule has 0 N–H and O–H groups in total. The number of amides is 1. The SMILES string of the molecule is COc1ccc(/C=C/C(=O)N(Cc2ccc(F)cc2)C2CC2)cc1S(=O)(=O)N(C)C. The van der Waals surface area contributed by atoms with E-state index in [1.807, 2.05) is 0 Å². The number of methoxy groups -OCH3 is 1. The average Bonchev–Trinajstić information content (AvgIpc) is 3.56. The first-order valence-electron chi connectivity index (χ1n) is 9.56. The van der Waals surface area contributed by atoms with Crippen molar-refractivity contribution in [1.82, 2.24) is 9.21 Å². The van der Waals surface area contributed by atoms with E-state index < -0.39 is 10.0 Å². The Morgan fingerprint density at radius 3 is 2.40 bits per heavy atom. The summed E-state index contributed by atoms with van der Waals surface area (Å²) in [6.45, 7) is 0.400. The second-order valence-electron chi connectivity index (χ2n) is 7.35. The minimum absolute atomic E-state index is 0.0370. The van der Waals surface area contributed by atoms with Crippen LogP contribution in [0.15, 0.2) is 53.4 Å². The smallest absolute Gasteiger partial charge is 0.247 e. The van der Waals surface area contributed by atoms with Gasteiger partial charge in [0.2, 0.25) is 15.9 Å². The van der Waals surface area contributed by atoms with Gasteiger partial charge in [0.1, 0.15) is 16.5 Å². The van der Waals surface area contributed by atoms with Gasteiger partial charge in [-0.2, -0.15) is 0 Å². The highest BCUT2D eigenvalue weighted by molar-refractivity contribution is 7.89. The van der Waals surface area contributed by atoms with Gasteiger partial charge in [0.15, 0.2) is 0 Å². The lowest BCUT2D eigenvalue weighted by molar-refractivity contribution is -0.127. The van der Waals surface area contributed by atoms with Crippen molar-refractivity contribution in [3.63, 3.8) is 0 Å². The van der Waals surface area contributed by atoms with Gasteiger partial charge < -0.3 is 9.64 Å². The summed E-state index contributed by atoms with van der Waals surface area (Å²) in [6.07, 6.45) is 4.91. The fourth-order valence-electron chi connectivity index (χ4n) is 3.02. The van der Waals surface area contributed by atoms with Crippen LogP contribution in [0.2, 0.25) is 0 Å². The molecule has 0 unspecified atom stereocenters. The van der Waals surface area contributed by atoms with Crippen LogP contribution in [0.1, 0.15) is 24.0 Å². The van der Waals surface area contributed by atoms with Crippen LogP contribution in [-0.2, 0) is 21.4 Å². The quantitative estimate of drug-likeness (QED) is 0.601. The van der Waals surface area contributed by atoms with Crippen LogP contribution in [-0.4, -0.2) is 50.8 Å². The van der Waals surface area contributed by atoms with Gasteiger partial charge in [-0.3, -0.25) is 4.79 Å². The molecule has 0 spiro atoms. The molecule has 0 heterocycles. The molecule has 0 bridgehead atoms. The zero-order valence-corrected chi connectivity index (χ0v) is 18.0. The second-order valence-corrected chi connectivity index (χ2v) is 9.48. The number of halogens is 1. The van der Waals surface area contributed by atoms with Crippen LogP contribution < -0.4 is 4.74 Å². The number of hydrogen-bond donors (Lipinski definition) is 0. The normalized spacial score (nSPS) is 14.3. The third kappa shape index (κ3) is 5.06. The lowest BCUT2D eigenvalue weighted by Gasteiger charge is -2.21. The van der Waals surface area contributed by atoms with Gasteiger partial charge in [-0.05, 0) is 54.3 Å². The van der Waals surface area contributed by atoms with Gasteiger partial charge in [0.05, 0.1) is 7.11 Å². The van der Waals surface area contributed by atoms with Gasteiger partial charge in [-0.15, -0.1) is 0 Å². The van der Waals surface area contributed by atoms with Crippen LogP contribution in [0.5, 0.6) is 5.75 Å². The summed E-state index contributed by atoms with van der Waals surface area (Å²) in [5.74, 6) is -0.247. The Balaban J connectivity index is 1.81. The molecule has 0 aliphatic heterocycles. The van der Waals surface area contributed by atoms with Crippen molar-refractivity contribution in [2.75, 3.05) is 21.2 Å². The number of rotatable bonds is 8. The number of ether oxygens (including phenoxy) is 1. The number of hydrogen-bond acceptors (Lipinski definition) is 4. The minimum atomic E-state index is -3.70. The van der Waals surface area contributed by atoms with Crippen LogP contribution in [0.4, 0.5) is 4.39 Å². The molecule has 0 aromatic heterocycles. The van der Waals surface area contributed by atoms with Gasteiger partial charge in [-0.25, -0.2) is 17.1 Å². The molecule has 1 fully saturated rings. The summed E-state index contributed by atoms with van der Waals surface area (Å²) in [7, 11) is 0.609. The van der Waals surface area contributed by atoms with E-state index in [9.17, 15) is 17.6 Å². The van der Waals surface area contributed by atoms with Crippen molar-refractivity contribution in [1.29, 1.82) is 0 Å². The highest BCUT2D eigenvalue weighted by atomic mass is 32.2. The lowest BCUT2D eigenvalue weighted by atomic mass is 10.2. The number of carbonyl (C=O) groups is 1. The second kappa shape index (κ2) is 8.97. The monoisotopic (exact) mass is 432 g/mol. The summed E-state index contributed by atoms with van der Waals surface area (Å²) in [5.41, 5.74) is 1.43. The number of sulfonamides is 1. The van der Waals surface area contributed by atoms with Gasteiger partial charge in [-0.1, -0.05) is 18.2 Å². The Kier molecular flexibility index (Phi) is 6.58. The highest BCUT2D eigenvalue weighted by Gasteiger charge is 2.31. The van der Waals surface area contributed by atoms with Crippen molar-refractivity contribution >= 4 is 22.0 Å². The molecule has 0 radical (unpaired) electrons. The first kappa shape index (κ1) is 22.0. The van der Waals surface area contributed by atoms with Crippen molar-refractivity contribution in [3.05, 3.63) is 65.5 Å². The Hall–Kier alpha value is -2.71. The molecule has 30 heavy (non-hydrogen) atoms. The highest BCUT2D eigenvalue weighted by Crippen LogP contribution is 2.30. The zero-order chi connectivity index (χ0) is 21.9. The fraction of sp³-hybridized carbons (Fsp3) is 0.318. The summed E-state index contributed by atoms with van der Waals surface area (Å²) in [6, 6.07) is 11.0. The maximum Gasteiger partial charge on any atom is 0.247 e. The molecule has 1 saturated carbocycles. The molecule has 1 aliphatic carbocycles. The molecule has 160 valence electrons. The zero-order valence-electron chi connectivity index (χ0n) is 17.2. The van der Waals surface area contributed by atoms with E-state index >= 15 is 0 Å². The predicted octanol–water partition coefficient (Wildman–Crippen LogP) is 3.29. The standard InChI is InChI=1S/C22H25FN2O4S/c1-24(2)30(27,28)21-14-16(6-12-20(21)29-3)7-13-22(26)25(19-10-11-19)15-17-4-8-18(23)9-5-17/h4-9,12-14,19H,10-11,15H2,1-3H3/b13-7+. The molecule has 8 heteroatoms. The largest absolute Gasteiger partial charge is 0.495 e. The van der Waals surface area contributed by atoms with Crippen molar-refractivity contribution < 1.29 is 22.3 Å². The van der Waals surface area contributed by atoms with E-state index in [2.05, 4.69) is 0 Å². The van der Waals surface area contributed by atoms with Gasteiger partial charge in [0, 0.05) is 32.8 Å². The van der Waals surface area contributed by atoms with E-state index in [-0.39, 0.29) is 28.4 Å². The van der Waals surface area contributed by atoms with E-state index in [0.29, 0.717) is 12.1 Å². The minimum Gasteiger partial charge on any atom is -0.495 e. The van der Waals surface area contributed by atoms with Gasteiger partial charge in [0.25, 0.3) is 0 Å². The van der Waals surface area contributed by atoms with Crippen LogP contribution in [0.3, 0.4) is 0 Å². The number of nitrogens with zero attached hydrogens (tertiary/aromatic N) is 2. The third-order valence-electron chi connectivity index (χ3n) is 4.90. The number of benzene rings is 2. The molecular weight excluding hydrogens is 407 g/mol. The predicted molar refractivity (Wildman–Crippen MR) is 113 cm³/mol.